The molecule has 0 spiro atoms. The molecule has 1 atom stereocenters. The maximum atomic E-state index is 5.84. The highest BCUT2D eigenvalue weighted by atomic mass is 79.9. The van der Waals surface area contributed by atoms with Gasteiger partial charge in [-0.1, -0.05) is 34.1 Å². The second-order valence-corrected chi connectivity index (χ2v) is 5.64. The third-order valence-corrected chi connectivity index (χ3v) is 3.93. The minimum absolute atomic E-state index is 0.128. The monoisotopic (exact) mass is 314 g/mol. The van der Waals surface area contributed by atoms with Crippen molar-refractivity contribution in [3.63, 3.8) is 0 Å². The molecular formula is C15H11BrN2O. The lowest BCUT2D eigenvalue weighted by Crippen LogP contribution is -2.05. The van der Waals surface area contributed by atoms with E-state index in [0.717, 1.165) is 27.9 Å². The van der Waals surface area contributed by atoms with Crippen LogP contribution in [0.1, 0.15) is 17.5 Å². The summed E-state index contributed by atoms with van der Waals surface area (Å²) in [5.41, 5.74) is 4.21. The molecule has 3 aromatic rings. The molecule has 2 aromatic carbocycles. The van der Waals surface area contributed by atoms with Gasteiger partial charge in [0.05, 0.1) is 0 Å². The minimum Gasteiger partial charge on any atom is -0.438 e. The Morgan fingerprint density at radius 3 is 3.00 bits per heavy atom. The number of nitrogens with one attached hydrogen (secondary N) is 1. The molecule has 0 saturated heterocycles. The summed E-state index contributed by atoms with van der Waals surface area (Å²) in [7, 11) is 0. The Hall–Kier alpha value is -1.81. The summed E-state index contributed by atoms with van der Waals surface area (Å²) in [6.07, 6.45) is 0.921. The molecule has 0 saturated carbocycles. The summed E-state index contributed by atoms with van der Waals surface area (Å²) in [5, 5.41) is 3.46. The molecule has 2 heterocycles. The van der Waals surface area contributed by atoms with Crippen LogP contribution in [0, 0.1) is 0 Å². The predicted octanol–water partition coefficient (Wildman–Crippen LogP) is 4.30. The molecule has 1 aromatic heterocycles. The molecule has 94 valence electrons. The molecule has 19 heavy (non-hydrogen) atoms. The second kappa shape index (κ2) is 4.10. The standard InChI is InChI=1S/C15H11BrN2O/c16-10-5-6-14-12(8-10)18-15(19-14)13-7-9-3-1-2-4-11(9)17-13/h1-6,8,13,17H,7H2. The van der Waals surface area contributed by atoms with E-state index in [2.05, 4.69) is 44.4 Å². The number of benzene rings is 2. The zero-order chi connectivity index (χ0) is 12.8. The third kappa shape index (κ3) is 1.83. The van der Waals surface area contributed by atoms with Gasteiger partial charge in [0.25, 0.3) is 0 Å². The fourth-order valence-corrected chi connectivity index (χ4v) is 2.86. The van der Waals surface area contributed by atoms with E-state index in [4.69, 9.17) is 4.42 Å². The number of fused-ring (bicyclic) bond motifs is 2. The maximum absolute atomic E-state index is 5.84. The van der Waals surface area contributed by atoms with Crippen LogP contribution < -0.4 is 5.32 Å². The van der Waals surface area contributed by atoms with Crippen LogP contribution in [0.25, 0.3) is 11.1 Å². The van der Waals surface area contributed by atoms with Crippen LogP contribution in [0.4, 0.5) is 5.69 Å². The van der Waals surface area contributed by atoms with Crippen molar-refractivity contribution in [2.75, 3.05) is 5.32 Å². The van der Waals surface area contributed by atoms with Crippen molar-refractivity contribution in [3.05, 3.63) is 58.4 Å². The summed E-state index contributed by atoms with van der Waals surface area (Å²) in [4.78, 5) is 4.58. The summed E-state index contributed by atoms with van der Waals surface area (Å²) >= 11 is 3.45. The van der Waals surface area contributed by atoms with Gasteiger partial charge in [-0.25, -0.2) is 4.98 Å². The first-order valence-corrected chi connectivity index (χ1v) is 6.99. The Morgan fingerprint density at radius 1 is 1.21 bits per heavy atom. The zero-order valence-corrected chi connectivity index (χ0v) is 11.6. The number of halogens is 1. The van der Waals surface area contributed by atoms with E-state index in [1.807, 2.05) is 24.3 Å². The topological polar surface area (TPSA) is 38.1 Å². The zero-order valence-electron chi connectivity index (χ0n) is 10.1. The Bertz CT molecular complexity index is 741. The van der Waals surface area contributed by atoms with Crippen molar-refractivity contribution >= 4 is 32.7 Å². The van der Waals surface area contributed by atoms with Gasteiger partial charge >= 0.3 is 0 Å². The number of para-hydroxylation sites is 1. The van der Waals surface area contributed by atoms with Crippen molar-refractivity contribution in [3.8, 4) is 0 Å². The normalized spacial score (nSPS) is 17.4. The van der Waals surface area contributed by atoms with Crippen molar-refractivity contribution < 1.29 is 4.42 Å². The number of nitrogens with zero attached hydrogens (tertiary/aromatic N) is 1. The summed E-state index contributed by atoms with van der Waals surface area (Å²) in [5.74, 6) is 0.754. The average molecular weight is 315 g/mol. The molecule has 0 amide bonds. The molecular weight excluding hydrogens is 304 g/mol. The number of aromatic nitrogens is 1. The molecule has 1 N–H and O–H groups in total. The van der Waals surface area contributed by atoms with Crippen molar-refractivity contribution in [1.29, 1.82) is 0 Å². The van der Waals surface area contributed by atoms with Crippen LogP contribution >= 0.6 is 15.9 Å². The Balaban J connectivity index is 1.73. The highest BCUT2D eigenvalue weighted by Gasteiger charge is 2.25. The molecule has 0 bridgehead atoms. The van der Waals surface area contributed by atoms with Gasteiger partial charge in [-0.15, -0.1) is 0 Å². The molecule has 0 aliphatic carbocycles. The van der Waals surface area contributed by atoms with E-state index in [-0.39, 0.29) is 6.04 Å². The number of hydrogen-bond donors (Lipinski definition) is 1. The predicted molar refractivity (Wildman–Crippen MR) is 78.2 cm³/mol. The van der Waals surface area contributed by atoms with Gasteiger partial charge < -0.3 is 9.73 Å². The van der Waals surface area contributed by atoms with Crippen LogP contribution in [0.2, 0.25) is 0 Å². The maximum Gasteiger partial charge on any atom is 0.218 e. The molecule has 0 fully saturated rings. The first kappa shape index (κ1) is 11.1. The lowest BCUT2D eigenvalue weighted by Gasteiger charge is -2.05. The average Bonchev–Trinajstić information content (AvgIpc) is 3.00. The molecule has 0 radical (unpaired) electrons. The van der Waals surface area contributed by atoms with Crippen LogP contribution in [-0.4, -0.2) is 4.98 Å². The van der Waals surface area contributed by atoms with Gasteiger partial charge in [0.2, 0.25) is 5.89 Å². The smallest absolute Gasteiger partial charge is 0.218 e. The van der Waals surface area contributed by atoms with E-state index in [1.165, 1.54) is 11.3 Å². The van der Waals surface area contributed by atoms with Gasteiger partial charge in [0.15, 0.2) is 5.58 Å². The van der Waals surface area contributed by atoms with Crippen LogP contribution in [-0.2, 0) is 6.42 Å². The van der Waals surface area contributed by atoms with E-state index in [0.29, 0.717) is 0 Å². The van der Waals surface area contributed by atoms with E-state index >= 15 is 0 Å². The number of anilines is 1. The van der Waals surface area contributed by atoms with Crippen molar-refractivity contribution in [1.82, 2.24) is 4.98 Å². The third-order valence-electron chi connectivity index (χ3n) is 3.44. The van der Waals surface area contributed by atoms with Crippen molar-refractivity contribution in [2.45, 2.75) is 12.5 Å². The van der Waals surface area contributed by atoms with Crippen molar-refractivity contribution in [2.24, 2.45) is 0 Å². The fraction of sp³-hybridized carbons (Fsp3) is 0.133. The van der Waals surface area contributed by atoms with Crippen LogP contribution in [0.3, 0.4) is 0 Å². The SMILES string of the molecule is Brc1ccc2oc(C3Cc4ccccc4N3)nc2c1. The van der Waals surface area contributed by atoms with E-state index in [1.54, 1.807) is 0 Å². The van der Waals surface area contributed by atoms with Gasteiger partial charge in [0.1, 0.15) is 11.6 Å². The molecule has 1 aliphatic heterocycles. The molecule has 4 heteroatoms. The van der Waals surface area contributed by atoms with E-state index < -0.39 is 0 Å². The molecule has 4 rings (SSSR count). The largest absolute Gasteiger partial charge is 0.438 e. The molecule has 1 aliphatic rings. The Morgan fingerprint density at radius 2 is 2.11 bits per heavy atom. The number of hydrogen-bond acceptors (Lipinski definition) is 3. The molecule has 3 nitrogen and oxygen atoms in total. The highest BCUT2D eigenvalue weighted by Crippen LogP contribution is 2.34. The van der Waals surface area contributed by atoms with E-state index in [9.17, 15) is 0 Å². The summed E-state index contributed by atoms with van der Waals surface area (Å²) in [6, 6.07) is 14.3. The van der Waals surface area contributed by atoms with Crippen LogP contribution in [0.5, 0.6) is 0 Å². The summed E-state index contributed by atoms with van der Waals surface area (Å²) < 4.78 is 6.86. The first-order valence-electron chi connectivity index (χ1n) is 6.20. The van der Waals surface area contributed by atoms with Gasteiger partial charge in [-0.2, -0.15) is 0 Å². The number of oxazole rings is 1. The lowest BCUT2D eigenvalue weighted by molar-refractivity contribution is 0.497. The van der Waals surface area contributed by atoms with Gasteiger partial charge in [-0.3, -0.25) is 0 Å². The Labute approximate surface area is 118 Å². The van der Waals surface area contributed by atoms with Gasteiger partial charge in [0, 0.05) is 16.6 Å². The quantitative estimate of drug-likeness (QED) is 0.727. The lowest BCUT2D eigenvalue weighted by atomic mass is 10.1. The Kier molecular flexibility index (Phi) is 2.38. The highest BCUT2D eigenvalue weighted by molar-refractivity contribution is 9.10. The molecule has 1 unspecified atom stereocenters. The second-order valence-electron chi connectivity index (χ2n) is 4.72. The minimum atomic E-state index is 0.128. The fourth-order valence-electron chi connectivity index (χ4n) is 2.51. The van der Waals surface area contributed by atoms with Crippen LogP contribution in [0.15, 0.2) is 51.4 Å². The summed E-state index contributed by atoms with van der Waals surface area (Å²) in [6.45, 7) is 0. The first-order chi connectivity index (χ1) is 9.29. The number of rotatable bonds is 1. The van der Waals surface area contributed by atoms with Gasteiger partial charge in [-0.05, 0) is 29.8 Å².